The molecule has 3 rings (SSSR count). The maximum absolute atomic E-state index is 4.50. The van der Waals surface area contributed by atoms with Crippen molar-refractivity contribution in [3.05, 3.63) is 51.0 Å². The molecule has 1 unspecified atom stereocenters. The molecule has 0 spiro atoms. The van der Waals surface area contributed by atoms with E-state index in [0.29, 0.717) is 6.04 Å². The highest BCUT2D eigenvalue weighted by atomic mass is 32.1. The van der Waals surface area contributed by atoms with Crippen LogP contribution in [-0.4, -0.2) is 4.98 Å². The topological polar surface area (TPSA) is 24.9 Å². The zero-order chi connectivity index (χ0) is 14.1. The lowest BCUT2D eigenvalue weighted by molar-refractivity contribution is 0.579. The Labute approximate surface area is 125 Å². The van der Waals surface area contributed by atoms with Crippen molar-refractivity contribution in [2.45, 2.75) is 52.1 Å². The molecule has 1 atom stereocenters. The normalized spacial score (nSPS) is 16.4. The monoisotopic (exact) mass is 286 g/mol. The molecule has 0 bridgehead atoms. The van der Waals surface area contributed by atoms with E-state index in [4.69, 9.17) is 0 Å². The van der Waals surface area contributed by atoms with Gasteiger partial charge in [-0.1, -0.05) is 24.3 Å². The summed E-state index contributed by atoms with van der Waals surface area (Å²) in [5.74, 6) is 0.846. The van der Waals surface area contributed by atoms with E-state index in [2.05, 4.69) is 55.3 Å². The van der Waals surface area contributed by atoms with Gasteiger partial charge in [-0.15, -0.1) is 11.3 Å². The second-order valence-electron chi connectivity index (χ2n) is 5.80. The summed E-state index contributed by atoms with van der Waals surface area (Å²) in [6.45, 7) is 7.31. The van der Waals surface area contributed by atoms with Crippen LogP contribution in [0.25, 0.3) is 0 Å². The summed E-state index contributed by atoms with van der Waals surface area (Å²) in [5, 5.41) is 4.76. The van der Waals surface area contributed by atoms with Crippen molar-refractivity contribution >= 4 is 11.3 Å². The van der Waals surface area contributed by atoms with Crippen LogP contribution in [0.2, 0.25) is 0 Å². The van der Waals surface area contributed by atoms with Crippen molar-refractivity contribution in [3.63, 3.8) is 0 Å². The van der Waals surface area contributed by atoms with Gasteiger partial charge in [0.1, 0.15) is 0 Å². The van der Waals surface area contributed by atoms with E-state index in [1.807, 2.05) is 0 Å². The third-order valence-electron chi connectivity index (χ3n) is 3.97. The Kier molecular flexibility index (Phi) is 3.90. The quantitative estimate of drug-likeness (QED) is 0.876. The molecular weight excluding hydrogens is 264 g/mol. The van der Waals surface area contributed by atoms with Gasteiger partial charge in [-0.3, -0.25) is 0 Å². The number of rotatable bonds is 5. The van der Waals surface area contributed by atoms with Crippen LogP contribution in [0.5, 0.6) is 0 Å². The van der Waals surface area contributed by atoms with Crippen LogP contribution in [0, 0.1) is 13.8 Å². The summed E-state index contributed by atoms with van der Waals surface area (Å²) in [6, 6.07) is 9.48. The predicted molar refractivity (Wildman–Crippen MR) is 85.3 cm³/mol. The molecule has 2 aromatic rings. The number of hydrogen-bond donors (Lipinski definition) is 1. The average Bonchev–Trinajstić information content (AvgIpc) is 3.22. The number of hydrogen-bond acceptors (Lipinski definition) is 3. The molecule has 1 aromatic heterocycles. The molecule has 1 heterocycles. The van der Waals surface area contributed by atoms with Crippen LogP contribution >= 0.6 is 11.3 Å². The van der Waals surface area contributed by atoms with Gasteiger partial charge in [-0.05, 0) is 50.7 Å². The van der Waals surface area contributed by atoms with Crippen molar-refractivity contribution < 1.29 is 0 Å². The van der Waals surface area contributed by atoms with Gasteiger partial charge in [-0.2, -0.15) is 0 Å². The molecule has 1 aromatic carbocycles. The minimum atomic E-state index is 0.365. The summed E-state index contributed by atoms with van der Waals surface area (Å²) >= 11 is 1.80. The Balaban J connectivity index is 1.59. The van der Waals surface area contributed by atoms with Crippen LogP contribution in [0.1, 0.15) is 58.4 Å². The van der Waals surface area contributed by atoms with Crippen molar-refractivity contribution in [1.82, 2.24) is 10.3 Å². The van der Waals surface area contributed by atoms with Gasteiger partial charge in [-0.25, -0.2) is 4.98 Å². The van der Waals surface area contributed by atoms with E-state index in [1.54, 1.807) is 11.3 Å². The van der Waals surface area contributed by atoms with E-state index in [-0.39, 0.29) is 0 Å². The van der Waals surface area contributed by atoms with Crippen molar-refractivity contribution in [2.75, 3.05) is 0 Å². The summed E-state index contributed by atoms with van der Waals surface area (Å²) in [4.78, 5) is 5.86. The smallest absolute Gasteiger partial charge is 0.0900 e. The highest BCUT2D eigenvalue weighted by Gasteiger charge is 2.22. The van der Waals surface area contributed by atoms with Gasteiger partial charge in [0.05, 0.1) is 10.7 Å². The fourth-order valence-corrected chi connectivity index (χ4v) is 3.59. The molecule has 0 aliphatic heterocycles. The van der Waals surface area contributed by atoms with Crippen LogP contribution in [0.15, 0.2) is 24.3 Å². The second-order valence-corrected chi connectivity index (χ2v) is 7.04. The van der Waals surface area contributed by atoms with Gasteiger partial charge < -0.3 is 5.32 Å². The molecule has 3 heteroatoms. The molecule has 0 radical (unpaired) electrons. The van der Waals surface area contributed by atoms with Crippen LogP contribution in [0.3, 0.4) is 0 Å². The first-order valence-corrected chi connectivity index (χ1v) is 8.21. The molecule has 20 heavy (non-hydrogen) atoms. The van der Waals surface area contributed by atoms with Crippen molar-refractivity contribution in [3.8, 4) is 0 Å². The highest BCUT2D eigenvalue weighted by molar-refractivity contribution is 7.11. The van der Waals surface area contributed by atoms with E-state index < -0.39 is 0 Å². The van der Waals surface area contributed by atoms with Gasteiger partial charge in [0.25, 0.3) is 0 Å². The molecule has 1 saturated carbocycles. The fourth-order valence-electron chi connectivity index (χ4n) is 2.64. The van der Waals surface area contributed by atoms with Crippen molar-refractivity contribution in [2.24, 2.45) is 0 Å². The predicted octanol–water partition coefficient (Wildman–Crippen LogP) is 4.49. The minimum absolute atomic E-state index is 0.365. The lowest BCUT2D eigenvalue weighted by Gasteiger charge is -2.13. The number of aromatic nitrogens is 1. The van der Waals surface area contributed by atoms with Crippen LogP contribution < -0.4 is 5.32 Å². The zero-order valence-electron chi connectivity index (χ0n) is 12.4. The van der Waals surface area contributed by atoms with Gasteiger partial charge in [0.15, 0.2) is 0 Å². The molecule has 1 fully saturated rings. The first-order valence-electron chi connectivity index (χ1n) is 7.39. The standard InChI is InChI=1S/C17H22N2S/c1-11(17-12(2)19-13(3)20-17)18-10-14-4-6-15(7-5-14)16-8-9-16/h4-7,11,16,18H,8-10H2,1-3H3. The molecule has 0 saturated heterocycles. The first-order chi connectivity index (χ1) is 9.63. The summed E-state index contributed by atoms with van der Waals surface area (Å²) < 4.78 is 0. The largest absolute Gasteiger partial charge is 0.305 e. The van der Waals surface area contributed by atoms with E-state index >= 15 is 0 Å². The fraction of sp³-hybridized carbons (Fsp3) is 0.471. The highest BCUT2D eigenvalue weighted by Crippen LogP contribution is 2.39. The number of benzene rings is 1. The third kappa shape index (κ3) is 3.10. The Morgan fingerprint density at radius 2 is 1.95 bits per heavy atom. The molecular formula is C17H22N2S. The summed E-state index contributed by atoms with van der Waals surface area (Å²) in [5.41, 5.74) is 4.03. The van der Waals surface area contributed by atoms with Crippen LogP contribution in [0.4, 0.5) is 0 Å². The minimum Gasteiger partial charge on any atom is -0.305 e. The zero-order valence-corrected chi connectivity index (χ0v) is 13.3. The van der Waals surface area contributed by atoms with Crippen molar-refractivity contribution in [1.29, 1.82) is 0 Å². The number of nitrogens with zero attached hydrogens (tertiary/aromatic N) is 1. The van der Waals surface area contributed by atoms with Gasteiger partial charge in [0, 0.05) is 17.5 Å². The Hall–Kier alpha value is -1.19. The maximum Gasteiger partial charge on any atom is 0.0900 e. The second kappa shape index (κ2) is 5.66. The Morgan fingerprint density at radius 3 is 2.50 bits per heavy atom. The van der Waals surface area contributed by atoms with Gasteiger partial charge >= 0.3 is 0 Å². The third-order valence-corrected chi connectivity index (χ3v) is 5.23. The maximum atomic E-state index is 4.50. The number of aryl methyl sites for hydroxylation is 2. The molecule has 2 nitrogen and oxygen atoms in total. The first kappa shape index (κ1) is 13.8. The van der Waals surface area contributed by atoms with Gasteiger partial charge in [0.2, 0.25) is 0 Å². The molecule has 106 valence electrons. The van der Waals surface area contributed by atoms with E-state index in [1.165, 1.54) is 28.8 Å². The molecule has 1 aliphatic rings. The lowest BCUT2D eigenvalue weighted by atomic mass is 10.1. The van der Waals surface area contributed by atoms with E-state index in [0.717, 1.165) is 23.2 Å². The summed E-state index contributed by atoms with van der Waals surface area (Å²) in [7, 11) is 0. The number of nitrogens with one attached hydrogen (secondary N) is 1. The Morgan fingerprint density at radius 1 is 1.25 bits per heavy atom. The average molecular weight is 286 g/mol. The molecule has 1 aliphatic carbocycles. The Bertz CT molecular complexity index is 582. The SMILES string of the molecule is Cc1nc(C)c(C(C)NCc2ccc(C3CC3)cc2)s1. The van der Waals surface area contributed by atoms with Crippen LogP contribution in [-0.2, 0) is 6.54 Å². The lowest BCUT2D eigenvalue weighted by Crippen LogP contribution is -2.17. The molecule has 0 amide bonds. The van der Waals surface area contributed by atoms with E-state index in [9.17, 15) is 0 Å². The molecule has 1 N–H and O–H groups in total. The summed E-state index contributed by atoms with van der Waals surface area (Å²) in [6.07, 6.45) is 2.75. The number of thiazole rings is 1.